The first kappa shape index (κ1) is 34.5. The molecule has 2 aliphatic heterocycles. The molecule has 1 amide bonds. The third-order valence-corrected chi connectivity index (χ3v) is 10.8. The van der Waals surface area contributed by atoms with Crippen molar-refractivity contribution in [2.24, 2.45) is 5.73 Å². The summed E-state index contributed by atoms with van der Waals surface area (Å²) < 4.78 is 52.7. The second-order valence-electron chi connectivity index (χ2n) is 8.94. The number of halogens is 1. The van der Waals surface area contributed by atoms with E-state index in [-0.39, 0.29) is 16.1 Å². The number of amides is 1. The van der Waals surface area contributed by atoms with Crippen LogP contribution in [0.2, 0.25) is 0 Å². The molecule has 3 rings (SSSR count). The summed E-state index contributed by atoms with van der Waals surface area (Å²) in [4.78, 5) is 31.8. The molecule has 0 saturated carbocycles. The number of alkyl halides is 1. The fraction of sp³-hybridized carbons (Fsp3) is 0.632. The fourth-order valence-electron chi connectivity index (χ4n) is 4.09. The highest BCUT2D eigenvalue weighted by molar-refractivity contribution is 8.08. The van der Waals surface area contributed by atoms with Gasteiger partial charge >= 0.3 is 14.5 Å². The Bertz CT molecular complexity index is 1230. The van der Waals surface area contributed by atoms with Crippen LogP contribution in [0.3, 0.4) is 0 Å². The van der Waals surface area contributed by atoms with Gasteiger partial charge in [-0.2, -0.15) is 0 Å². The van der Waals surface area contributed by atoms with Crippen LogP contribution >= 0.6 is 25.9 Å². The number of hydrogen-bond acceptors (Lipinski definition) is 16. The maximum atomic E-state index is 15.7. The molecule has 7 unspecified atom stereocenters. The van der Waals surface area contributed by atoms with Gasteiger partial charge in [0, 0.05) is 5.56 Å². The van der Waals surface area contributed by atoms with Gasteiger partial charge in [0.15, 0.2) is 12.0 Å². The Hall–Kier alpha value is -1.00. The van der Waals surface area contributed by atoms with Gasteiger partial charge in [0.2, 0.25) is 0 Å². The molecular weight excluding hydrogens is 641 g/mol. The minimum Gasteiger partial charge on any atom is -0.397 e. The van der Waals surface area contributed by atoms with Crippen molar-refractivity contribution >= 4 is 49.3 Å². The van der Waals surface area contributed by atoms with E-state index in [0.717, 1.165) is 17.4 Å². The highest BCUT2D eigenvalue weighted by Gasteiger charge is 2.57. The molecule has 234 valence electrons. The molecule has 0 aliphatic carbocycles. The number of nitrogens with two attached hydrogens (primary N) is 2. The zero-order valence-electron chi connectivity index (χ0n) is 20.7. The summed E-state index contributed by atoms with van der Waals surface area (Å²) in [5.41, 5.74) is 8.19. The molecule has 2 saturated heterocycles. The third kappa shape index (κ3) is 7.22. The highest BCUT2D eigenvalue weighted by atomic mass is 32.5. The SMILES string of the molecule is C=C[C@@]1(F)[C@H](O)[C@@H](COP(O)(=S)OP(=O)(O)OC2OC([C@@H](O)CO)C(O)C(O)C2O)O[C@H]1c1csc(C(N)=O)c1N. The Labute approximate surface area is 240 Å². The Balaban J connectivity index is 1.69. The Morgan fingerprint density at radius 1 is 1.27 bits per heavy atom. The van der Waals surface area contributed by atoms with Gasteiger partial charge < -0.3 is 65.9 Å². The van der Waals surface area contributed by atoms with E-state index in [2.05, 4.69) is 27.2 Å². The van der Waals surface area contributed by atoms with Crippen LogP contribution in [0.15, 0.2) is 18.0 Å². The van der Waals surface area contributed by atoms with Crippen molar-refractivity contribution in [3.8, 4) is 0 Å². The molecule has 0 radical (unpaired) electrons. The molecule has 12 atom stereocenters. The molecule has 17 nitrogen and oxygen atoms in total. The molecule has 0 bridgehead atoms. The topological polar surface area (TPSA) is 294 Å². The molecule has 0 aromatic carbocycles. The lowest BCUT2D eigenvalue weighted by Gasteiger charge is -2.41. The van der Waals surface area contributed by atoms with Gasteiger partial charge in [-0.25, -0.2) is 13.3 Å². The lowest BCUT2D eigenvalue weighted by molar-refractivity contribution is -0.292. The number of nitrogen functional groups attached to an aromatic ring is 1. The van der Waals surface area contributed by atoms with Gasteiger partial charge in [0.25, 0.3) is 5.91 Å². The van der Waals surface area contributed by atoms with E-state index in [0.29, 0.717) is 0 Å². The summed E-state index contributed by atoms with van der Waals surface area (Å²) in [6.45, 7) is -3.32. The predicted octanol–water partition coefficient (Wildman–Crippen LogP) is -2.35. The van der Waals surface area contributed by atoms with Crippen molar-refractivity contribution in [3.05, 3.63) is 28.5 Å². The number of aliphatic hydroxyl groups excluding tert-OH is 6. The van der Waals surface area contributed by atoms with Crippen LogP contribution in [0.1, 0.15) is 21.3 Å². The zero-order chi connectivity index (χ0) is 31.1. The van der Waals surface area contributed by atoms with Crippen LogP contribution in [0.4, 0.5) is 10.1 Å². The highest BCUT2D eigenvalue weighted by Crippen LogP contribution is 2.62. The number of primary amides is 1. The number of aliphatic hydroxyl groups is 6. The molecule has 3 heterocycles. The Morgan fingerprint density at radius 2 is 1.90 bits per heavy atom. The molecule has 22 heteroatoms. The number of anilines is 1. The molecule has 2 aliphatic rings. The lowest BCUT2D eigenvalue weighted by Crippen LogP contribution is -2.61. The van der Waals surface area contributed by atoms with Crippen molar-refractivity contribution in [2.75, 3.05) is 18.9 Å². The summed E-state index contributed by atoms with van der Waals surface area (Å²) in [7, 11) is -5.52. The summed E-state index contributed by atoms with van der Waals surface area (Å²) in [5, 5.41) is 60.6. The van der Waals surface area contributed by atoms with Crippen LogP contribution in [0, 0.1) is 0 Å². The first-order chi connectivity index (χ1) is 18.9. The number of thiophene rings is 1. The van der Waals surface area contributed by atoms with Gasteiger partial charge in [0.05, 0.1) is 18.9 Å². The van der Waals surface area contributed by atoms with Gasteiger partial charge in [-0.05, 0) is 23.3 Å². The first-order valence-corrected chi connectivity index (χ1v) is 16.4. The minimum absolute atomic E-state index is 0.0383. The van der Waals surface area contributed by atoms with E-state index < -0.39 is 94.5 Å². The maximum absolute atomic E-state index is 15.7. The number of carbonyl (C=O) groups is 1. The van der Waals surface area contributed by atoms with E-state index in [4.69, 9.17) is 30.6 Å². The lowest BCUT2D eigenvalue weighted by atomic mass is 9.89. The van der Waals surface area contributed by atoms with Crippen LogP contribution in [-0.2, 0) is 39.2 Å². The molecule has 12 N–H and O–H groups in total. The first-order valence-electron chi connectivity index (χ1n) is 11.4. The van der Waals surface area contributed by atoms with Crippen LogP contribution in [0.25, 0.3) is 0 Å². The van der Waals surface area contributed by atoms with E-state index >= 15 is 4.39 Å². The van der Waals surface area contributed by atoms with Gasteiger partial charge in [0.1, 0.15) is 53.7 Å². The summed E-state index contributed by atoms with van der Waals surface area (Å²) in [6, 6.07) is 0. The number of phosphoric acid groups is 1. The van der Waals surface area contributed by atoms with E-state index in [1.54, 1.807) is 0 Å². The Kier molecular flexibility index (Phi) is 10.9. The largest absolute Gasteiger partial charge is 0.481 e. The minimum atomic E-state index is -5.52. The molecule has 1 aromatic heterocycles. The fourth-order valence-corrected chi connectivity index (χ4v) is 8.05. The number of hydrogen-bond donors (Lipinski definition) is 10. The summed E-state index contributed by atoms with van der Waals surface area (Å²) in [6.07, 6.45) is -16.5. The van der Waals surface area contributed by atoms with Gasteiger partial charge in [-0.15, -0.1) is 11.3 Å². The van der Waals surface area contributed by atoms with Crippen molar-refractivity contribution in [3.63, 3.8) is 0 Å². The maximum Gasteiger partial charge on any atom is 0.481 e. The van der Waals surface area contributed by atoms with Gasteiger partial charge in [-0.3, -0.25) is 9.32 Å². The third-order valence-electron chi connectivity index (χ3n) is 6.21. The van der Waals surface area contributed by atoms with E-state index in [1.165, 1.54) is 5.38 Å². The normalized spacial score (nSPS) is 37.7. The number of ether oxygens (including phenoxy) is 2. The van der Waals surface area contributed by atoms with E-state index in [9.17, 15) is 44.7 Å². The quantitative estimate of drug-likeness (QED) is 0.0822. The molecular formula is C19H29FN2O15P2S2. The van der Waals surface area contributed by atoms with E-state index in [1.807, 2.05) is 0 Å². The standard InChI is InChI=1S/C19H29FN2O15P2S2/c1-2-19(20)15(28)8(34-16(19)6-5-41-14(9(6)21)17(22)29)4-33-39(32,40)37-38(30,31)36-18-12(27)10(25)11(26)13(35-18)7(24)3-23/h2,5,7-8,10-13,15-16,18,23-28H,1,3-4,21H2,(H2,22,29)(H,30,31)(H,32,40)/t7-,8+,10?,11?,12?,13?,15+,16-,18?,19+,39?/m0/s1. The van der Waals surface area contributed by atoms with Crippen LogP contribution in [0.5, 0.6) is 0 Å². The van der Waals surface area contributed by atoms with Crippen molar-refractivity contribution < 1.29 is 77.0 Å². The number of carbonyl (C=O) groups excluding carboxylic acids is 1. The molecule has 0 spiro atoms. The number of rotatable bonds is 12. The molecule has 1 aromatic rings. The predicted molar refractivity (Wildman–Crippen MR) is 139 cm³/mol. The van der Waals surface area contributed by atoms with Crippen LogP contribution in [-0.4, -0.2) is 114 Å². The number of phosphoric ester groups is 1. The second-order valence-corrected chi connectivity index (χ2v) is 14.2. The Morgan fingerprint density at radius 3 is 2.44 bits per heavy atom. The van der Waals surface area contributed by atoms with Crippen molar-refractivity contribution in [2.45, 2.75) is 60.8 Å². The monoisotopic (exact) mass is 670 g/mol. The smallest absolute Gasteiger partial charge is 0.397 e. The average molecular weight is 671 g/mol. The van der Waals surface area contributed by atoms with Gasteiger partial charge in [-0.1, -0.05) is 6.58 Å². The van der Waals surface area contributed by atoms with Crippen molar-refractivity contribution in [1.29, 1.82) is 0 Å². The average Bonchev–Trinajstić information content (AvgIpc) is 3.38. The van der Waals surface area contributed by atoms with Crippen LogP contribution < -0.4 is 11.5 Å². The van der Waals surface area contributed by atoms with Crippen molar-refractivity contribution in [1.82, 2.24) is 0 Å². The summed E-state index contributed by atoms with van der Waals surface area (Å²) >= 11 is 5.48. The molecule has 2 fully saturated rings. The summed E-state index contributed by atoms with van der Waals surface area (Å²) in [5.74, 6) is -0.883. The zero-order valence-corrected chi connectivity index (χ0v) is 24.1. The molecule has 41 heavy (non-hydrogen) atoms. The second kappa shape index (κ2) is 12.9.